The molecule has 0 radical (unpaired) electrons. The Morgan fingerprint density at radius 1 is 1.78 bits per heavy atom. The number of anilines is 1. The molecule has 1 heterocycles. The summed E-state index contributed by atoms with van der Waals surface area (Å²) in [6.45, 7) is 0. The second-order valence-electron chi connectivity index (χ2n) is 1.72. The maximum atomic E-state index is 8.82. The highest BCUT2D eigenvalue weighted by Gasteiger charge is 1.96. The van der Waals surface area contributed by atoms with Crippen LogP contribution in [0.5, 0.6) is 5.75 Å². The molecule has 0 saturated heterocycles. The fourth-order valence-corrected chi connectivity index (χ4v) is 0.659. The zero-order valence-electron chi connectivity index (χ0n) is 5.13. The van der Waals surface area contributed by atoms with Crippen LogP contribution in [0, 0.1) is 0 Å². The molecule has 4 N–H and O–H groups in total. The third-order valence-corrected chi connectivity index (χ3v) is 1.08. The summed E-state index contributed by atoms with van der Waals surface area (Å²) >= 11 is 0. The van der Waals surface area contributed by atoms with Crippen LogP contribution in [0.4, 0.5) is 5.82 Å². The largest absolute Gasteiger partial charge is 0.506 e. The molecule has 0 aromatic carbocycles. The smallest absolute Gasteiger partial charge is 0.137 e. The first-order chi connectivity index (χ1) is 4.24. The minimum Gasteiger partial charge on any atom is -0.506 e. The van der Waals surface area contributed by atoms with E-state index in [0.717, 1.165) is 0 Å². The van der Waals surface area contributed by atoms with E-state index in [1.807, 2.05) is 0 Å². The maximum Gasteiger partial charge on any atom is 0.137 e. The van der Waals surface area contributed by atoms with Crippen LogP contribution < -0.4 is 11.2 Å². The van der Waals surface area contributed by atoms with Crippen molar-refractivity contribution < 1.29 is 5.11 Å². The van der Waals surface area contributed by atoms with Crippen molar-refractivity contribution >= 4 is 5.82 Å². The fourth-order valence-electron chi connectivity index (χ4n) is 0.659. The number of hydrogen-bond acceptors (Lipinski definition) is 3. The van der Waals surface area contributed by atoms with E-state index in [4.69, 9.17) is 10.8 Å². The van der Waals surface area contributed by atoms with Crippen molar-refractivity contribution in [2.75, 3.05) is 18.2 Å². The highest BCUT2D eigenvalue weighted by Crippen LogP contribution is 2.13. The Morgan fingerprint density at radius 3 is 2.67 bits per heavy atom. The minimum atomic E-state index is 0.168. The molecule has 0 aliphatic rings. The summed E-state index contributed by atoms with van der Waals surface area (Å²) in [6.07, 6.45) is 1.50. The van der Waals surface area contributed by atoms with Crippen molar-refractivity contribution in [3.05, 3.63) is 12.3 Å². The number of nitrogen functional groups attached to an aromatic ring is 1. The van der Waals surface area contributed by atoms with Gasteiger partial charge in [0.05, 0.1) is 6.20 Å². The Bertz CT molecular complexity index is 206. The van der Waals surface area contributed by atoms with Crippen molar-refractivity contribution in [3.63, 3.8) is 0 Å². The summed E-state index contributed by atoms with van der Waals surface area (Å²) in [6, 6.07) is 1.47. The molecule has 50 valence electrons. The molecule has 0 aliphatic heterocycles. The average Bonchev–Trinajstić information content (AvgIpc) is 2.10. The molecule has 0 atom stereocenters. The van der Waals surface area contributed by atoms with Crippen LogP contribution >= 0.6 is 0 Å². The third-order valence-electron chi connectivity index (χ3n) is 1.08. The molecular formula is C5H9N3O. The van der Waals surface area contributed by atoms with Crippen LogP contribution in [0.3, 0.4) is 0 Å². The maximum absolute atomic E-state index is 8.82. The number of rotatable bonds is 1. The lowest BCUT2D eigenvalue weighted by Crippen LogP contribution is -2.09. The zero-order chi connectivity index (χ0) is 6.85. The fraction of sp³-hybridized carbons (Fsp3) is 0.200. The lowest BCUT2D eigenvalue weighted by atomic mass is 10.6. The number of aromatic hydroxyl groups is 1. The van der Waals surface area contributed by atoms with E-state index in [-0.39, 0.29) is 5.75 Å². The van der Waals surface area contributed by atoms with E-state index in [9.17, 15) is 0 Å². The molecule has 0 bridgehead atoms. The van der Waals surface area contributed by atoms with Crippen LogP contribution in [0.25, 0.3) is 0 Å². The second kappa shape index (κ2) is 1.89. The third kappa shape index (κ3) is 0.910. The van der Waals surface area contributed by atoms with Crippen LogP contribution in [0.15, 0.2) is 12.3 Å². The minimum absolute atomic E-state index is 0.168. The topological polar surface area (TPSA) is 63.2 Å². The first-order valence-electron chi connectivity index (χ1n) is 2.58. The Hall–Kier alpha value is -1.32. The van der Waals surface area contributed by atoms with Crippen LogP contribution in [-0.4, -0.2) is 16.8 Å². The number of aromatic nitrogens is 1. The lowest BCUT2D eigenvalue weighted by Gasteiger charge is -2.00. The van der Waals surface area contributed by atoms with E-state index in [1.54, 1.807) is 7.05 Å². The van der Waals surface area contributed by atoms with E-state index in [2.05, 4.69) is 5.43 Å². The Balaban J connectivity index is 3.01. The molecule has 0 saturated carbocycles. The van der Waals surface area contributed by atoms with Crippen molar-refractivity contribution in [2.24, 2.45) is 0 Å². The SMILES string of the molecule is CNn1cc(O)cc1N. The summed E-state index contributed by atoms with van der Waals surface area (Å²) in [4.78, 5) is 0. The first kappa shape index (κ1) is 5.81. The van der Waals surface area contributed by atoms with Gasteiger partial charge in [0, 0.05) is 13.1 Å². The summed E-state index contributed by atoms with van der Waals surface area (Å²) in [5.74, 6) is 0.664. The molecule has 1 aromatic rings. The lowest BCUT2D eigenvalue weighted by molar-refractivity contribution is 0.475. The van der Waals surface area contributed by atoms with E-state index >= 15 is 0 Å². The van der Waals surface area contributed by atoms with Gasteiger partial charge in [-0.1, -0.05) is 0 Å². The highest BCUT2D eigenvalue weighted by atomic mass is 16.3. The summed E-state index contributed by atoms with van der Waals surface area (Å²) in [5.41, 5.74) is 8.14. The molecule has 0 aliphatic carbocycles. The molecule has 0 unspecified atom stereocenters. The summed E-state index contributed by atoms with van der Waals surface area (Å²) < 4.78 is 1.52. The quantitative estimate of drug-likeness (QED) is 0.495. The van der Waals surface area contributed by atoms with Gasteiger partial charge in [0.2, 0.25) is 0 Å². The summed E-state index contributed by atoms with van der Waals surface area (Å²) in [7, 11) is 1.72. The van der Waals surface area contributed by atoms with Crippen molar-refractivity contribution in [3.8, 4) is 5.75 Å². The number of hydrogen-bond donors (Lipinski definition) is 3. The standard InChI is InChI=1S/C5H9N3O/c1-7-8-3-4(9)2-5(8)6/h2-3,7,9H,6H2,1H3. The monoisotopic (exact) mass is 127 g/mol. The molecule has 0 spiro atoms. The molecule has 4 heteroatoms. The van der Waals surface area contributed by atoms with E-state index < -0.39 is 0 Å². The van der Waals surface area contributed by atoms with Gasteiger partial charge in [-0.05, 0) is 0 Å². The van der Waals surface area contributed by atoms with Gasteiger partial charge in [0.1, 0.15) is 11.6 Å². The highest BCUT2D eigenvalue weighted by molar-refractivity contribution is 5.39. The molecule has 1 aromatic heterocycles. The van der Waals surface area contributed by atoms with Gasteiger partial charge < -0.3 is 16.3 Å². The zero-order valence-corrected chi connectivity index (χ0v) is 5.13. The Labute approximate surface area is 52.9 Å². The number of nitrogens with zero attached hydrogens (tertiary/aromatic N) is 1. The molecule has 1 rings (SSSR count). The predicted octanol–water partition coefficient (Wildman–Crippen LogP) is -0.0508. The van der Waals surface area contributed by atoms with E-state index in [1.165, 1.54) is 16.9 Å². The van der Waals surface area contributed by atoms with Crippen molar-refractivity contribution in [2.45, 2.75) is 0 Å². The van der Waals surface area contributed by atoms with Gasteiger partial charge in [-0.3, -0.25) is 0 Å². The van der Waals surface area contributed by atoms with Gasteiger partial charge in [-0.25, -0.2) is 4.68 Å². The number of nitrogens with one attached hydrogen (secondary N) is 1. The van der Waals surface area contributed by atoms with Crippen LogP contribution in [-0.2, 0) is 0 Å². The second-order valence-corrected chi connectivity index (χ2v) is 1.72. The molecule has 0 fully saturated rings. The van der Waals surface area contributed by atoms with Crippen LogP contribution in [0.1, 0.15) is 0 Å². The van der Waals surface area contributed by atoms with E-state index in [0.29, 0.717) is 5.82 Å². The predicted molar refractivity (Wildman–Crippen MR) is 35.8 cm³/mol. The first-order valence-corrected chi connectivity index (χ1v) is 2.58. The molecule has 0 amide bonds. The van der Waals surface area contributed by atoms with Gasteiger partial charge >= 0.3 is 0 Å². The van der Waals surface area contributed by atoms with Gasteiger partial charge in [-0.15, -0.1) is 0 Å². The average molecular weight is 127 g/mol. The van der Waals surface area contributed by atoms with Gasteiger partial charge in [-0.2, -0.15) is 0 Å². The Kier molecular flexibility index (Phi) is 1.22. The molecule has 9 heavy (non-hydrogen) atoms. The van der Waals surface area contributed by atoms with Gasteiger partial charge in [0.25, 0.3) is 0 Å². The van der Waals surface area contributed by atoms with Crippen molar-refractivity contribution in [1.29, 1.82) is 0 Å². The Morgan fingerprint density at radius 2 is 2.44 bits per heavy atom. The van der Waals surface area contributed by atoms with Crippen molar-refractivity contribution in [1.82, 2.24) is 4.68 Å². The molecule has 4 nitrogen and oxygen atoms in total. The normalized spacial score (nSPS) is 9.44. The number of nitrogens with two attached hydrogens (primary N) is 1. The summed E-state index contributed by atoms with van der Waals surface area (Å²) in [5, 5.41) is 8.82. The molecular weight excluding hydrogens is 118 g/mol. The van der Waals surface area contributed by atoms with Crippen LogP contribution in [0.2, 0.25) is 0 Å². The van der Waals surface area contributed by atoms with Gasteiger partial charge in [0.15, 0.2) is 0 Å².